The lowest BCUT2D eigenvalue weighted by Gasteiger charge is -2.39. The van der Waals surface area contributed by atoms with Crippen LogP contribution >= 0.6 is 0 Å². The second-order valence-electron chi connectivity index (χ2n) is 6.74. The summed E-state index contributed by atoms with van der Waals surface area (Å²) < 4.78 is 0. The summed E-state index contributed by atoms with van der Waals surface area (Å²) in [6, 6.07) is 3.45. The van der Waals surface area contributed by atoms with Gasteiger partial charge in [0.25, 0.3) is 0 Å². The summed E-state index contributed by atoms with van der Waals surface area (Å²) in [5.74, 6) is -0.131. The van der Waals surface area contributed by atoms with Gasteiger partial charge in [-0.05, 0) is 51.0 Å². The molecule has 23 heavy (non-hydrogen) atoms. The number of hydrogen-bond acceptors (Lipinski definition) is 5. The van der Waals surface area contributed by atoms with Crippen LogP contribution < -0.4 is 4.90 Å². The van der Waals surface area contributed by atoms with E-state index in [2.05, 4.69) is 26.7 Å². The zero-order chi connectivity index (χ0) is 16.2. The SMILES string of the molecule is CN1CCC(CN2CCN(c3ccc(C(=O)O)nc3)CC2)CC1. The van der Waals surface area contributed by atoms with Crippen LogP contribution in [0.4, 0.5) is 5.69 Å². The van der Waals surface area contributed by atoms with Crippen molar-refractivity contribution in [2.24, 2.45) is 5.92 Å². The largest absolute Gasteiger partial charge is 0.477 e. The number of anilines is 1. The van der Waals surface area contributed by atoms with Gasteiger partial charge in [0.15, 0.2) is 0 Å². The number of piperidine rings is 1. The number of rotatable bonds is 4. The molecule has 126 valence electrons. The molecule has 2 aliphatic heterocycles. The first kappa shape index (κ1) is 16.2. The molecular weight excluding hydrogens is 292 g/mol. The molecular formula is C17H26N4O2. The number of carboxylic acids is 1. The Labute approximate surface area is 137 Å². The molecule has 0 bridgehead atoms. The van der Waals surface area contributed by atoms with Crippen molar-refractivity contribution in [1.29, 1.82) is 0 Å². The highest BCUT2D eigenvalue weighted by molar-refractivity contribution is 5.85. The zero-order valence-corrected chi connectivity index (χ0v) is 13.8. The van der Waals surface area contributed by atoms with Gasteiger partial charge >= 0.3 is 5.97 Å². The van der Waals surface area contributed by atoms with Gasteiger partial charge in [-0.2, -0.15) is 0 Å². The Balaban J connectivity index is 1.47. The fourth-order valence-corrected chi connectivity index (χ4v) is 3.50. The summed E-state index contributed by atoms with van der Waals surface area (Å²) >= 11 is 0. The number of piperazine rings is 1. The summed E-state index contributed by atoms with van der Waals surface area (Å²) in [4.78, 5) is 22.2. The topological polar surface area (TPSA) is 59.9 Å². The van der Waals surface area contributed by atoms with Crippen molar-refractivity contribution in [3.8, 4) is 0 Å². The minimum Gasteiger partial charge on any atom is -0.477 e. The van der Waals surface area contributed by atoms with Crippen LogP contribution in [0.1, 0.15) is 23.3 Å². The average molecular weight is 318 g/mol. The molecule has 0 spiro atoms. The van der Waals surface area contributed by atoms with Crippen molar-refractivity contribution < 1.29 is 9.90 Å². The van der Waals surface area contributed by atoms with Crippen LogP contribution in [0.5, 0.6) is 0 Å². The lowest BCUT2D eigenvalue weighted by molar-refractivity contribution is 0.0690. The monoisotopic (exact) mass is 318 g/mol. The maximum atomic E-state index is 10.9. The van der Waals surface area contributed by atoms with Gasteiger partial charge in [-0.3, -0.25) is 4.90 Å². The Kier molecular flexibility index (Phi) is 5.13. The van der Waals surface area contributed by atoms with Gasteiger partial charge < -0.3 is 14.9 Å². The molecule has 6 nitrogen and oxygen atoms in total. The van der Waals surface area contributed by atoms with Crippen molar-refractivity contribution in [3.63, 3.8) is 0 Å². The third kappa shape index (κ3) is 4.20. The van der Waals surface area contributed by atoms with E-state index in [4.69, 9.17) is 5.11 Å². The van der Waals surface area contributed by atoms with E-state index in [-0.39, 0.29) is 5.69 Å². The maximum absolute atomic E-state index is 10.9. The molecule has 6 heteroatoms. The van der Waals surface area contributed by atoms with Gasteiger partial charge in [0.1, 0.15) is 5.69 Å². The number of carboxylic acid groups (broad SMARTS) is 1. The highest BCUT2D eigenvalue weighted by atomic mass is 16.4. The second kappa shape index (κ2) is 7.27. The quantitative estimate of drug-likeness (QED) is 0.901. The van der Waals surface area contributed by atoms with Crippen LogP contribution in [-0.2, 0) is 0 Å². The Morgan fingerprint density at radius 2 is 1.87 bits per heavy atom. The first-order valence-electron chi connectivity index (χ1n) is 8.47. The van der Waals surface area contributed by atoms with E-state index < -0.39 is 5.97 Å². The van der Waals surface area contributed by atoms with Gasteiger partial charge in [-0.25, -0.2) is 9.78 Å². The molecule has 0 aliphatic carbocycles. The van der Waals surface area contributed by atoms with Crippen molar-refractivity contribution in [2.75, 3.05) is 57.8 Å². The minimum absolute atomic E-state index is 0.106. The number of aromatic nitrogens is 1. The summed E-state index contributed by atoms with van der Waals surface area (Å²) in [6.07, 6.45) is 4.31. The molecule has 2 aliphatic rings. The van der Waals surface area contributed by atoms with Crippen LogP contribution in [0.2, 0.25) is 0 Å². The van der Waals surface area contributed by atoms with Gasteiger partial charge in [-0.1, -0.05) is 0 Å². The number of aromatic carboxylic acids is 1. The fraction of sp³-hybridized carbons (Fsp3) is 0.647. The van der Waals surface area contributed by atoms with Gasteiger partial charge in [0, 0.05) is 32.7 Å². The molecule has 0 radical (unpaired) electrons. The van der Waals surface area contributed by atoms with E-state index in [1.165, 1.54) is 32.5 Å². The molecule has 1 aromatic heterocycles. The highest BCUT2D eigenvalue weighted by Gasteiger charge is 2.23. The molecule has 1 aromatic rings. The second-order valence-corrected chi connectivity index (χ2v) is 6.74. The predicted molar refractivity (Wildman–Crippen MR) is 90.1 cm³/mol. The van der Waals surface area contributed by atoms with Gasteiger partial charge in [-0.15, -0.1) is 0 Å². The third-order valence-electron chi connectivity index (χ3n) is 5.06. The first-order valence-corrected chi connectivity index (χ1v) is 8.47. The molecule has 3 heterocycles. The van der Waals surface area contributed by atoms with Crippen LogP contribution in [0.25, 0.3) is 0 Å². The van der Waals surface area contributed by atoms with Crippen molar-refractivity contribution in [2.45, 2.75) is 12.8 Å². The van der Waals surface area contributed by atoms with Gasteiger partial charge in [0.05, 0.1) is 11.9 Å². The molecule has 0 amide bonds. The molecule has 0 saturated carbocycles. The standard InChI is InChI=1S/C17H26N4O2/c1-19-6-4-14(5-7-19)13-20-8-10-21(11-9-20)15-2-3-16(17(22)23)18-12-15/h2-3,12,14H,4-11,13H2,1H3,(H,22,23). The van der Waals surface area contributed by atoms with Crippen LogP contribution in [0.15, 0.2) is 18.3 Å². The number of likely N-dealkylation sites (tertiary alicyclic amines) is 1. The Morgan fingerprint density at radius 1 is 1.17 bits per heavy atom. The van der Waals surface area contributed by atoms with Crippen LogP contribution in [0, 0.1) is 5.92 Å². The van der Waals surface area contributed by atoms with Crippen LogP contribution in [0.3, 0.4) is 0 Å². The summed E-state index contributed by atoms with van der Waals surface area (Å²) in [7, 11) is 2.21. The van der Waals surface area contributed by atoms with E-state index in [9.17, 15) is 4.79 Å². The van der Waals surface area contributed by atoms with Gasteiger partial charge in [0.2, 0.25) is 0 Å². The molecule has 0 unspecified atom stereocenters. The molecule has 0 aromatic carbocycles. The minimum atomic E-state index is -0.973. The number of pyridine rings is 1. The Morgan fingerprint density at radius 3 is 2.43 bits per heavy atom. The molecule has 0 atom stereocenters. The lowest BCUT2D eigenvalue weighted by Crippen LogP contribution is -2.48. The van der Waals surface area contributed by atoms with Crippen molar-refractivity contribution in [3.05, 3.63) is 24.0 Å². The average Bonchev–Trinajstić information content (AvgIpc) is 2.58. The molecule has 3 rings (SSSR count). The maximum Gasteiger partial charge on any atom is 0.354 e. The normalized spacial score (nSPS) is 21.5. The van der Waals surface area contributed by atoms with Crippen molar-refractivity contribution in [1.82, 2.24) is 14.8 Å². The van der Waals surface area contributed by atoms with E-state index in [0.717, 1.165) is 37.8 Å². The summed E-state index contributed by atoms with van der Waals surface area (Å²) in [6.45, 7) is 7.80. The summed E-state index contributed by atoms with van der Waals surface area (Å²) in [5.41, 5.74) is 1.13. The zero-order valence-electron chi connectivity index (χ0n) is 13.8. The lowest BCUT2D eigenvalue weighted by atomic mass is 9.96. The molecule has 2 saturated heterocycles. The van der Waals surface area contributed by atoms with Crippen molar-refractivity contribution >= 4 is 11.7 Å². The predicted octanol–water partition coefficient (Wildman–Crippen LogP) is 1.24. The molecule has 2 fully saturated rings. The first-order chi connectivity index (χ1) is 11.1. The number of nitrogens with zero attached hydrogens (tertiary/aromatic N) is 4. The number of hydrogen-bond donors (Lipinski definition) is 1. The van der Waals surface area contributed by atoms with E-state index in [1.807, 2.05) is 6.07 Å². The van der Waals surface area contributed by atoms with E-state index in [1.54, 1.807) is 12.3 Å². The van der Waals surface area contributed by atoms with E-state index >= 15 is 0 Å². The smallest absolute Gasteiger partial charge is 0.354 e. The molecule has 1 N–H and O–H groups in total. The highest BCUT2D eigenvalue weighted by Crippen LogP contribution is 2.20. The summed E-state index contributed by atoms with van der Waals surface area (Å²) in [5, 5.41) is 8.91. The Hall–Kier alpha value is -1.66. The number of carbonyl (C=O) groups is 1. The Bertz CT molecular complexity index is 518. The fourth-order valence-electron chi connectivity index (χ4n) is 3.50. The van der Waals surface area contributed by atoms with Crippen LogP contribution in [-0.4, -0.2) is 78.7 Å². The van der Waals surface area contributed by atoms with E-state index in [0.29, 0.717) is 0 Å². The third-order valence-corrected chi connectivity index (χ3v) is 5.06.